The summed E-state index contributed by atoms with van der Waals surface area (Å²) in [7, 11) is 0. The van der Waals surface area contributed by atoms with E-state index in [0.29, 0.717) is 12.0 Å². The van der Waals surface area contributed by atoms with Crippen LogP contribution in [0.25, 0.3) is 0 Å². The summed E-state index contributed by atoms with van der Waals surface area (Å²) in [5.41, 5.74) is 1.99. The number of rotatable bonds is 2. The summed E-state index contributed by atoms with van der Waals surface area (Å²) in [6.07, 6.45) is 5.01. The second kappa shape index (κ2) is 5.25. The molecule has 3 rings (SSSR count). The quantitative estimate of drug-likeness (QED) is 0.873. The van der Waals surface area contributed by atoms with Gasteiger partial charge in [0.1, 0.15) is 6.04 Å². The first-order valence-electron chi connectivity index (χ1n) is 7.02. The Bertz CT molecular complexity index is 503. The van der Waals surface area contributed by atoms with Crippen molar-refractivity contribution in [2.24, 2.45) is 5.92 Å². The van der Waals surface area contributed by atoms with E-state index in [2.05, 4.69) is 33.5 Å². The molecule has 0 aromatic heterocycles. The fourth-order valence-electron chi connectivity index (χ4n) is 3.21. The molecule has 1 amide bonds. The van der Waals surface area contributed by atoms with Crippen LogP contribution >= 0.6 is 15.9 Å². The number of hydrogen-bond donors (Lipinski definition) is 2. The van der Waals surface area contributed by atoms with Crippen LogP contribution in [0.2, 0.25) is 0 Å². The Balaban J connectivity index is 1.84. The van der Waals surface area contributed by atoms with Crippen LogP contribution in [-0.2, 0) is 4.79 Å². The van der Waals surface area contributed by atoms with Crippen molar-refractivity contribution in [1.29, 1.82) is 0 Å². The third-order valence-corrected chi connectivity index (χ3v) is 5.05. The molecule has 3 unspecified atom stereocenters. The average molecular weight is 323 g/mol. The highest BCUT2D eigenvalue weighted by Crippen LogP contribution is 2.38. The number of nitrogens with one attached hydrogen (secondary N) is 2. The molecule has 1 aromatic carbocycles. The van der Waals surface area contributed by atoms with Crippen molar-refractivity contribution >= 4 is 27.5 Å². The van der Waals surface area contributed by atoms with Crippen molar-refractivity contribution in [3.63, 3.8) is 0 Å². The fourth-order valence-corrected chi connectivity index (χ4v) is 3.81. The molecule has 3 atom stereocenters. The predicted octanol–water partition coefficient (Wildman–Crippen LogP) is 3.61. The van der Waals surface area contributed by atoms with Gasteiger partial charge >= 0.3 is 0 Å². The van der Waals surface area contributed by atoms with Crippen LogP contribution in [0.4, 0.5) is 5.69 Å². The highest BCUT2D eigenvalue weighted by atomic mass is 79.9. The van der Waals surface area contributed by atoms with Crippen LogP contribution < -0.4 is 10.6 Å². The predicted molar refractivity (Wildman–Crippen MR) is 80.1 cm³/mol. The molecule has 3 nitrogen and oxygen atoms in total. The molecule has 1 heterocycles. The Hall–Kier alpha value is -0.870. The Morgan fingerprint density at radius 1 is 1.32 bits per heavy atom. The average Bonchev–Trinajstić information content (AvgIpc) is 2.70. The number of fused-ring (bicyclic) bond motifs is 1. The minimum Gasteiger partial charge on any atom is -0.324 e. The highest BCUT2D eigenvalue weighted by Gasteiger charge is 2.35. The summed E-state index contributed by atoms with van der Waals surface area (Å²) in [4.78, 5) is 12.2. The molecule has 2 aliphatic rings. The van der Waals surface area contributed by atoms with E-state index in [4.69, 9.17) is 0 Å². The van der Waals surface area contributed by atoms with E-state index in [1.165, 1.54) is 25.7 Å². The second-order valence-corrected chi connectivity index (χ2v) is 6.51. The van der Waals surface area contributed by atoms with E-state index in [1.54, 1.807) is 0 Å². The van der Waals surface area contributed by atoms with Gasteiger partial charge in [-0.3, -0.25) is 10.1 Å². The van der Waals surface area contributed by atoms with E-state index < -0.39 is 0 Å². The zero-order valence-electron chi connectivity index (χ0n) is 11.1. The molecule has 102 valence electrons. The second-order valence-electron chi connectivity index (χ2n) is 5.66. The van der Waals surface area contributed by atoms with Gasteiger partial charge < -0.3 is 5.32 Å². The van der Waals surface area contributed by atoms with Crippen molar-refractivity contribution in [3.8, 4) is 0 Å². The van der Waals surface area contributed by atoms with Gasteiger partial charge in [-0.15, -0.1) is 0 Å². The summed E-state index contributed by atoms with van der Waals surface area (Å²) in [5, 5.41) is 6.53. The number of hydrogen-bond acceptors (Lipinski definition) is 2. The Labute approximate surface area is 122 Å². The minimum absolute atomic E-state index is 0.0691. The molecule has 4 heteroatoms. The lowest BCUT2D eigenvalue weighted by Crippen LogP contribution is -2.41. The van der Waals surface area contributed by atoms with Gasteiger partial charge in [0.05, 0.1) is 0 Å². The molecule has 1 saturated carbocycles. The lowest BCUT2D eigenvalue weighted by Gasteiger charge is -2.31. The molecular weight excluding hydrogens is 304 g/mol. The van der Waals surface area contributed by atoms with Gasteiger partial charge in [-0.25, -0.2) is 0 Å². The number of benzene rings is 1. The van der Waals surface area contributed by atoms with Crippen molar-refractivity contribution in [2.45, 2.75) is 44.7 Å². The first-order chi connectivity index (χ1) is 9.16. The van der Waals surface area contributed by atoms with Gasteiger partial charge in [0, 0.05) is 21.8 Å². The van der Waals surface area contributed by atoms with E-state index in [0.717, 1.165) is 15.7 Å². The monoisotopic (exact) mass is 322 g/mol. The van der Waals surface area contributed by atoms with Crippen molar-refractivity contribution in [2.75, 3.05) is 5.32 Å². The summed E-state index contributed by atoms with van der Waals surface area (Å²) in [6.45, 7) is 2.28. The van der Waals surface area contributed by atoms with Crippen LogP contribution in [-0.4, -0.2) is 11.9 Å². The van der Waals surface area contributed by atoms with E-state index in [-0.39, 0.29) is 11.9 Å². The molecule has 1 aliphatic carbocycles. The molecular formula is C15H19BrN2O. The van der Waals surface area contributed by atoms with Crippen molar-refractivity contribution < 1.29 is 4.79 Å². The van der Waals surface area contributed by atoms with Gasteiger partial charge in [-0.1, -0.05) is 41.8 Å². The zero-order valence-corrected chi connectivity index (χ0v) is 12.7. The molecule has 0 bridgehead atoms. The maximum atomic E-state index is 12.2. The standard InChI is InChI=1S/C15H19BrN2O/c1-9-5-2-3-7-11(9)17-14-13-10(16)6-4-8-12(13)18-15(14)19/h4,6,8-9,11,14,17H,2-3,5,7H2,1H3,(H,18,19). The zero-order chi connectivity index (χ0) is 13.4. The summed E-state index contributed by atoms with van der Waals surface area (Å²) < 4.78 is 1.00. The summed E-state index contributed by atoms with van der Waals surface area (Å²) in [5.74, 6) is 0.716. The topological polar surface area (TPSA) is 41.1 Å². The number of carbonyl (C=O) groups is 1. The molecule has 2 N–H and O–H groups in total. The molecule has 1 fully saturated rings. The first-order valence-corrected chi connectivity index (χ1v) is 7.81. The van der Waals surface area contributed by atoms with E-state index in [1.807, 2.05) is 18.2 Å². The van der Waals surface area contributed by atoms with Gasteiger partial charge in [-0.2, -0.15) is 0 Å². The lowest BCUT2D eigenvalue weighted by atomic mass is 9.85. The van der Waals surface area contributed by atoms with Crippen molar-refractivity contribution in [1.82, 2.24) is 5.32 Å². The minimum atomic E-state index is -0.212. The molecule has 0 radical (unpaired) electrons. The highest BCUT2D eigenvalue weighted by molar-refractivity contribution is 9.10. The molecule has 1 aromatic rings. The molecule has 0 spiro atoms. The number of amides is 1. The fraction of sp³-hybridized carbons (Fsp3) is 0.533. The third kappa shape index (κ3) is 2.43. The molecule has 1 aliphatic heterocycles. The van der Waals surface area contributed by atoms with Crippen LogP contribution in [0.3, 0.4) is 0 Å². The number of halogens is 1. The van der Waals surface area contributed by atoms with Crippen LogP contribution in [0, 0.1) is 5.92 Å². The first kappa shape index (κ1) is 13.1. The maximum absolute atomic E-state index is 12.2. The lowest BCUT2D eigenvalue weighted by molar-refractivity contribution is -0.118. The Morgan fingerprint density at radius 2 is 2.11 bits per heavy atom. The summed E-state index contributed by atoms with van der Waals surface area (Å²) in [6, 6.07) is 6.15. The van der Waals surface area contributed by atoms with Gasteiger partial charge in [0.15, 0.2) is 0 Å². The normalized spacial score (nSPS) is 30.0. The Kier molecular flexibility index (Phi) is 3.63. The van der Waals surface area contributed by atoms with Crippen LogP contribution in [0.5, 0.6) is 0 Å². The van der Waals surface area contributed by atoms with E-state index in [9.17, 15) is 4.79 Å². The van der Waals surface area contributed by atoms with Crippen LogP contribution in [0.15, 0.2) is 22.7 Å². The third-order valence-electron chi connectivity index (χ3n) is 4.35. The number of anilines is 1. The summed E-state index contributed by atoms with van der Waals surface area (Å²) >= 11 is 3.56. The van der Waals surface area contributed by atoms with Gasteiger partial charge in [0.2, 0.25) is 5.91 Å². The molecule has 0 saturated heterocycles. The molecule has 19 heavy (non-hydrogen) atoms. The Morgan fingerprint density at radius 3 is 2.89 bits per heavy atom. The number of carbonyl (C=O) groups excluding carboxylic acids is 1. The van der Waals surface area contributed by atoms with E-state index >= 15 is 0 Å². The van der Waals surface area contributed by atoms with Gasteiger partial charge in [-0.05, 0) is 30.9 Å². The van der Waals surface area contributed by atoms with Crippen molar-refractivity contribution in [3.05, 3.63) is 28.2 Å². The van der Waals surface area contributed by atoms with Gasteiger partial charge in [0.25, 0.3) is 0 Å². The SMILES string of the molecule is CC1CCCCC1NC1C(=O)Nc2cccc(Br)c21. The smallest absolute Gasteiger partial charge is 0.246 e. The van der Waals surface area contributed by atoms with Crippen LogP contribution in [0.1, 0.15) is 44.2 Å². The largest absolute Gasteiger partial charge is 0.324 e. The maximum Gasteiger partial charge on any atom is 0.246 e.